The Hall–Kier alpha value is -1.43. The van der Waals surface area contributed by atoms with Crippen LogP contribution < -0.4 is 5.32 Å². The molecule has 1 N–H and O–H groups in total. The molecule has 1 heterocycles. The lowest BCUT2D eigenvalue weighted by Gasteiger charge is -2.10. The van der Waals surface area contributed by atoms with Crippen molar-refractivity contribution in [1.29, 1.82) is 0 Å². The predicted molar refractivity (Wildman–Crippen MR) is 87.1 cm³/mol. The largest absolute Gasteiger partial charge is 0.324 e. The third kappa shape index (κ3) is 3.32. The number of hydrogen-bond acceptors (Lipinski definition) is 2. The SMILES string of the molecule is C=CC(C)CC(=O)Nc1ccc(I)c2cccnc12. The van der Waals surface area contributed by atoms with Crippen LogP contribution in [-0.2, 0) is 4.79 Å². The minimum atomic E-state index is -0.0134. The van der Waals surface area contributed by atoms with Crippen molar-refractivity contribution in [3.8, 4) is 0 Å². The van der Waals surface area contributed by atoms with Crippen LogP contribution in [0.25, 0.3) is 10.9 Å². The fraction of sp³-hybridized carbons (Fsp3) is 0.200. The molecule has 98 valence electrons. The molecule has 0 fully saturated rings. The molecule has 1 amide bonds. The molecule has 4 heteroatoms. The number of halogens is 1. The molecule has 1 atom stereocenters. The van der Waals surface area contributed by atoms with Crippen LogP contribution in [-0.4, -0.2) is 10.9 Å². The zero-order chi connectivity index (χ0) is 13.8. The van der Waals surface area contributed by atoms with Crippen LogP contribution in [0.4, 0.5) is 5.69 Å². The van der Waals surface area contributed by atoms with Crippen molar-refractivity contribution in [2.24, 2.45) is 5.92 Å². The number of carbonyl (C=O) groups excluding carboxylic acids is 1. The normalized spacial score (nSPS) is 12.1. The van der Waals surface area contributed by atoms with E-state index in [1.165, 1.54) is 0 Å². The molecule has 19 heavy (non-hydrogen) atoms. The number of allylic oxidation sites excluding steroid dienone is 1. The number of fused-ring (bicyclic) bond motifs is 1. The lowest BCUT2D eigenvalue weighted by molar-refractivity contribution is -0.116. The summed E-state index contributed by atoms with van der Waals surface area (Å²) in [4.78, 5) is 16.3. The maximum absolute atomic E-state index is 11.9. The maximum Gasteiger partial charge on any atom is 0.225 e. The van der Waals surface area contributed by atoms with Crippen molar-refractivity contribution < 1.29 is 4.79 Å². The van der Waals surface area contributed by atoms with Crippen molar-refractivity contribution in [2.75, 3.05) is 5.32 Å². The molecule has 0 spiro atoms. The number of benzene rings is 1. The molecule has 2 rings (SSSR count). The van der Waals surface area contributed by atoms with E-state index in [1.807, 2.05) is 31.2 Å². The van der Waals surface area contributed by atoms with Crippen molar-refractivity contribution in [3.63, 3.8) is 0 Å². The molecule has 0 aliphatic heterocycles. The van der Waals surface area contributed by atoms with Gasteiger partial charge in [0.05, 0.1) is 11.2 Å². The van der Waals surface area contributed by atoms with Crippen molar-refractivity contribution in [3.05, 3.63) is 46.7 Å². The van der Waals surface area contributed by atoms with Gasteiger partial charge in [-0.3, -0.25) is 9.78 Å². The molecule has 0 saturated carbocycles. The van der Waals surface area contributed by atoms with Gasteiger partial charge in [-0.2, -0.15) is 0 Å². The molecule has 2 aromatic rings. The summed E-state index contributed by atoms with van der Waals surface area (Å²) in [5.74, 6) is 0.156. The number of anilines is 1. The Balaban J connectivity index is 2.29. The number of nitrogens with zero attached hydrogens (tertiary/aromatic N) is 1. The number of rotatable bonds is 4. The predicted octanol–water partition coefficient (Wildman–Crippen LogP) is 3.99. The van der Waals surface area contributed by atoms with Gasteiger partial charge in [0.15, 0.2) is 0 Å². The van der Waals surface area contributed by atoms with E-state index < -0.39 is 0 Å². The van der Waals surface area contributed by atoms with Crippen LogP contribution >= 0.6 is 22.6 Å². The summed E-state index contributed by atoms with van der Waals surface area (Å²) in [6.45, 7) is 5.66. The summed E-state index contributed by atoms with van der Waals surface area (Å²) in [6.07, 6.45) is 3.95. The van der Waals surface area contributed by atoms with E-state index in [2.05, 4.69) is 39.5 Å². The van der Waals surface area contributed by atoms with E-state index in [9.17, 15) is 4.79 Å². The van der Waals surface area contributed by atoms with Crippen molar-refractivity contribution in [2.45, 2.75) is 13.3 Å². The Morgan fingerprint density at radius 1 is 1.53 bits per heavy atom. The van der Waals surface area contributed by atoms with Gasteiger partial charge in [-0.25, -0.2) is 0 Å². The monoisotopic (exact) mass is 366 g/mol. The van der Waals surface area contributed by atoms with Crippen LogP contribution in [0.2, 0.25) is 0 Å². The van der Waals surface area contributed by atoms with Gasteiger partial charge in [-0.15, -0.1) is 6.58 Å². The smallest absolute Gasteiger partial charge is 0.225 e. The molecule has 3 nitrogen and oxygen atoms in total. The highest BCUT2D eigenvalue weighted by atomic mass is 127. The van der Waals surface area contributed by atoms with Gasteiger partial charge < -0.3 is 5.32 Å². The first kappa shape index (κ1) is 14.0. The van der Waals surface area contributed by atoms with E-state index in [0.717, 1.165) is 20.2 Å². The second-order valence-electron chi connectivity index (χ2n) is 4.46. The summed E-state index contributed by atoms with van der Waals surface area (Å²) in [7, 11) is 0. The maximum atomic E-state index is 11.9. The molecular weight excluding hydrogens is 351 g/mol. The van der Waals surface area contributed by atoms with Crippen LogP contribution in [0.1, 0.15) is 13.3 Å². The minimum Gasteiger partial charge on any atom is -0.324 e. The van der Waals surface area contributed by atoms with E-state index in [1.54, 1.807) is 12.3 Å². The highest BCUT2D eigenvalue weighted by Gasteiger charge is 2.10. The summed E-state index contributed by atoms with van der Waals surface area (Å²) >= 11 is 2.27. The highest BCUT2D eigenvalue weighted by molar-refractivity contribution is 14.1. The number of hydrogen-bond donors (Lipinski definition) is 1. The molecular formula is C15H15IN2O. The van der Waals surface area contributed by atoms with Gasteiger partial charge in [-0.1, -0.05) is 19.1 Å². The standard InChI is InChI=1S/C15H15IN2O/c1-3-10(2)9-14(19)18-13-7-6-12(16)11-5-4-8-17-15(11)13/h3-8,10H,1,9H2,2H3,(H,18,19). The summed E-state index contributed by atoms with van der Waals surface area (Å²) in [6, 6.07) is 7.78. The van der Waals surface area contributed by atoms with Gasteiger partial charge in [0.2, 0.25) is 5.91 Å². The molecule has 0 radical (unpaired) electrons. The topological polar surface area (TPSA) is 42.0 Å². The quantitative estimate of drug-likeness (QED) is 0.657. The van der Waals surface area contributed by atoms with Crippen molar-refractivity contribution >= 4 is 45.1 Å². The third-order valence-electron chi connectivity index (χ3n) is 2.90. The molecule has 1 unspecified atom stereocenters. The van der Waals surface area contributed by atoms with E-state index >= 15 is 0 Å². The molecule has 0 bridgehead atoms. The molecule has 1 aromatic heterocycles. The first-order chi connectivity index (χ1) is 9.11. The van der Waals surface area contributed by atoms with Crippen LogP contribution in [0.3, 0.4) is 0 Å². The lowest BCUT2D eigenvalue weighted by Crippen LogP contribution is -2.14. The first-order valence-electron chi connectivity index (χ1n) is 6.07. The van der Waals surface area contributed by atoms with Gasteiger partial charge in [0.25, 0.3) is 0 Å². The van der Waals surface area contributed by atoms with Crippen LogP contribution in [0.15, 0.2) is 43.1 Å². The summed E-state index contributed by atoms with van der Waals surface area (Å²) < 4.78 is 1.12. The third-order valence-corrected chi connectivity index (χ3v) is 3.84. The van der Waals surface area contributed by atoms with Gasteiger partial charge >= 0.3 is 0 Å². The van der Waals surface area contributed by atoms with Gasteiger partial charge in [0, 0.05) is 21.6 Å². The zero-order valence-electron chi connectivity index (χ0n) is 10.7. The summed E-state index contributed by atoms with van der Waals surface area (Å²) in [5.41, 5.74) is 1.59. The number of amides is 1. The Kier molecular flexibility index (Phi) is 4.52. The van der Waals surface area contributed by atoms with Gasteiger partial charge in [-0.05, 0) is 46.7 Å². The molecule has 0 saturated heterocycles. The van der Waals surface area contributed by atoms with Crippen LogP contribution in [0, 0.1) is 9.49 Å². The average molecular weight is 366 g/mol. The second kappa shape index (κ2) is 6.14. The minimum absolute atomic E-state index is 0.0134. The van der Waals surface area contributed by atoms with E-state index in [-0.39, 0.29) is 11.8 Å². The molecule has 0 aliphatic rings. The average Bonchev–Trinajstić information content (AvgIpc) is 2.42. The fourth-order valence-electron chi connectivity index (χ4n) is 1.82. The van der Waals surface area contributed by atoms with Crippen LogP contribution in [0.5, 0.6) is 0 Å². The second-order valence-corrected chi connectivity index (χ2v) is 5.62. The van der Waals surface area contributed by atoms with Crippen molar-refractivity contribution in [1.82, 2.24) is 4.98 Å². The summed E-state index contributed by atoms with van der Waals surface area (Å²) in [5, 5.41) is 3.98. The van der Waals surface area contributed by atoms with E-state index in [4.69, 9.17) is 0 Å². The number of pyridine rings is 1. The first-order valence-corrected chi connectivity index (χ1v) is 7.15. The Bertz CT molecular complexity index is 625. The zero-order valence-corrected chi connectivity index (χ0v) is 12.8. The lowest BCUT2D eigenvalue weighted by atomic mass is 10.1. The molecule has 1 aromatic carbocycles. The molecule has 0 aliphatic carbocycles. The number of aromatic nitrogens is 1. The fourth-order valence-corrected chi connectivity index (χ4v) is 2.43. The Morgan fingerprint density at radius 2 is 2.32 bits per heavy atom. The number of nitrogens with one attached hydrogen (secondary N) is 1. The Morgan fingerprint density at radius 3 is 3.05 bits per heavy atom. The Labute approximate surface area is 126 Å². The van der Waals surface area contributed by atoms with E-state index in [0.29, 0.717) is 6.42 Å². The highest BCUT2D eigenvalue weighted by Crippen LogP contribution is 2.26. The van der Waals surface area contributed by atoms with Gasteiger partial charge in [0.1, 0.15) is 0 Å². The number of carbonyl (C=O) groups is 1.